The lowest BCUT2D eigenvalue weighted by molar-refractivity contribution is 0.119. The van der Waals surface area contributed by atoms with E-state index in [9.17, 15) is 0 Å². The molecule has 1 fully saturated rings. The molecular formula is C18H29N3O2. The van der Waals surface area contributed by atoms with Crippen molar-refractivity contribution in [3.8, 4) is 5.75 Å². The van der Waals surface area contributed by atoms with Gasteiger partial charge in [-0.25, -0.2) is 4.99 Å². The SMILES string of the molecule is CCNC(=NCc1ccccc1OC1CCC1)NCCCOC. The molecule has 0 amide bonds. The van der Waals surface area contributed by atoms with Crippen LogP contribution in [-0.4, -0.2) is 38.9 Å². The number of nitrogens with one attached hydrogen (secondary N) is 2. The molecule has 1 aliphatic rings. The molecule has 5 nitrogen and oxygen atoms in total. The van der Waals surface area contributed by atoms with Gasteiger partial charge in [-0.05, 0) is 38.7 Å². The van der Waals surface area contributed by atoms with Gasteiger partial charge in [-0.1, -0.05) is 18.2 Å². The maximum atomic E-state index is 6.06. The van der Waals surface area contributed by atoms with Crippen molar-refractivity contribution in [1.82, 2.24) is 10.6 Å². The van der Waals surface area contributed by atoms with Crippen LogP contribution in [0.15, 0.2) is 29.3 Å². The summed E-state index contributed by atoms with van der Waals surface area (Å²) in [7, 11) is 1.72. The van der Waals surface area contributed by atoms with Crippen molar-refractivity contribution >= 4 is 5.96 Å². The molecule has 0 spiro atoms. The summed E-state index contributed by atoms with van der Waals surface area (Å²) in [5.74, 6) is 1.80. The van der Waals surface area contributed by atoms with Gasteiger partial charge in [0.15, 0.2) is 5.96 Å². The van der Waals surface area contributed by atoms with Crippen molar-refractivity contribution in [1.29, 1.82) is 0 Å². The number of guanidine groups is 1. The number of methoxy groups -OCH3 is 1. The van der Waals surface area contributed by atoms with Crippen LogP contribution in [0.3, 0.4) is 0 Å². The van der Waals surface area contributed by atoms with Crippen molar-refractivity contribution in [2.24, 2.45) is 4.99 Å². The van der Waals surface area contributed by atoms with Crippen LogP contribution in [0.1, 0.15) is 38.2 Å². The van der Waals surface area contributed by atoms with E-state index in [-0.39, 0.29) is 0 Å². The Hall–Kier alpha value is -1.75. The molecule has 0 unspecified atom stereocenters. The Labute approximate surface area is 139 Å². The van der Waals surface area contributed by atoms with Crippen LogP contribution in [0.5, 0.6) is 5.75 Å². The topological polar surface area (TPSA) is 54.9 Å². The van der Waals surface area contributed by atoms with E-state index >= 15 is 0 Å². The van der Waals surface area contributed by atoms with E-state index in [0.29, 0.717) is 12.6 Å². The molecule has 23 heavy (non-hydrogen) atoms. The van der Waals surface area contributed by atoms with Crippen molar-refractivity contribution in [3.63, 3.8) is 0 Å². The third kappa shape index (κ3) is 6.10. The summed E-state index contributed by atoms with van der Waals surface area (Å²) in [6.07, 6.45) is 4.96. The fourth-order valence-electron chi connectivity index (χ4n) is 2.35. The molecule has 128 valence electrons. The molecule has 1 aliphatic carbocycles. The van der Waals surface area contributed by atoms with Crippen molar-refractivity contribution in [3.05, 3.63) is 29.8 Å². The first-order chi connectivity index (χ1) is 11.3. The number of para-hydroxylation sites is 1. The van der Waals surface area contributed by atoms with Crippen LogP contribution in [0, 0.1) is 0 Å². The largest absolute Gasteiger partial charge is 0.490 e. The first-order valence-corrected chi connectivity index (χ1v) is 8.59. The molecule has 2 N–H and O–H groups in total. The highest BCUT2D eigenvalue weighted by atomic mass is 16.5. The standard InChI is InChI=1S/C18H29N3O2/c1-3-19-18(20-12-7-13-22-2)21-14-15-8-4-5-11-17(15)23-16-9-6-10-16/h4-5,8,11,16H,3,6-7,9-10,12-14H2,1-2H3,(H2,19,20,21). The zero-order valence-electron chi connectivity index (χ0n) is 14.3. The van der Waals surface area contributed by atoms with Gasteiger partial charge in [-0.2, -0.15) is 0 Å². The van der Waals surface area contributed by atoms with Crippen LogP contribution in [-0.2, 0) is 11.3 Å². The van der Waals surface area contributed by atoms with E-state index in [2.05, 4.69) is 28.6 Å². The molecule has 1 aromatic carbocycles. The average Bonchev–Trinajstić information content (AvgIpc) is 2.53. The monoisotopic (exact) mass is 319 g/mol. The summed E-state index contributed by atoms with van der Waals surface area (Å²) in [4.78, 5) is 4.67. The minimum Gasteiger partial charge on any atom is -0.490 e. The highest BCUT2D eigenvalue weighted by Gasteiger charge is 2.20. The second-order valence-electron chi connectivity index (χ2n) is 5.75. The van der Waals surface area contributed by atoms with Crippen molar-refractivity contribution < 1.29 is 9.47 Å². The Kier molecular flexibility index (Phi) is 7.73. The van der Waals surface area contributed by atoms with Gasteiger partial charge in [0.25, 0.3) is 0 Å². The van der Waals surface area contributed by atoms with Crippen LogP contribution in [0.25, 0.3) is 0 Å². The molecule has 0 aromatic heterocycles. The third-order valence-corrected chi connectivity index (χ3v) is 3.89. The molecule has 0 saturated heterocycles. The van der Waals surface area contributed by atoms with Crippen molar-refractivity contribution in [2.45, 2.75) is 45.3 Å². The molecule has 0 heterocycles. The number of benzene rings is 1. The van der Waals surface area contributed by atoms with Crippen LogP contribution in [0.2, 0.25) is 0 Å². The smallest absolute Gasteiger partial charge is 0.191 e. The van der Waals surface area contributed by atoms with Crippen LogP contribution in [0.4, 0.5) is 0 Å². The fourth-order valence-corrected chi connectivity index (χ4v) is 2.35. The Balaban J connectivity index is 1.91. The van der Waals surface area contributed by atoms with Gasteiger partial charge in [-0.3, -0.25) is 0 Å². The van der Waals surface area contributed by atoms with E-state index in [0.717, 1.165) is 43.4 Å². The maximum absolute atomic E-state index is 6.06. The molecule has 1 saturated carbocycles. The molecule has 5 heteroatoms. The predicted molar refractivity (Wildman–Crippen MR) is 94.0 cm³/mol. The number of hydrogen-bond donors (Lipinski definition) is 2. The average molecular weight is 319 g/mol. The van der Waals surface area contributed by atoms with Crippen LogP contribution >= 0.6 is 0 Å². The molecule has 0 radical (unpaired) electrons. The summed E-state index contributed by atoms with van der Waals surface area (Å²) in [5.41, 5.74) is 1.13. The number of nitrogens with zero attached hydrogens (tertiary/aromatic N) is 1. The minimum absolute atomic E-state index is 0.389. The van der Waals surface area contributed by atoms with Gasteiger partial charge in [0.2, 0.25) is 0 Å². The van der Waals surface area contributed by atoms with Gasteiger partial charge < -0.3 is 20.1 Å². The summed E-state index contributed by atoms with van der Waals surface area (Å²) < 4.78 is 11.1. The van der Waals surface area contributed by atoms with E-state index in [1.165, 1.54) is 19.3 Å². The normalized spacial score (nSPS) is 15.1. The second kappa shape index (κ2) is 10.1. The predicted octanol–water partition coefficient (Wildman–Crippen LogP) is 2.71. The number of ether oxygens (including phenoxy) is 2. The van der Waals surface area contributed by atoms with Crippen LogP contribution < -0.4 is 15.4 Å². The summed E-state index contributed by atoms with van der Waals surface area (Å²) in [6, 6.07) is 8.20. The minimum atomic E-state index is 0.389. The Morgan fingerprint density at radius 3 is 2.78 bits per heavy atom. The van der Waals surface area contributed by atoms with E-state index in [1.54, 1.807) is 7.11 Å². The molecule has 1 aromatic rings. The second-order valence-corrected chi connectivity index (χ2v) is 5.75. The lowest BCUT2D eigenvalue weighted by atomic mass is 9.96. The molecule has 0 aliphatic heterocycles. The third-order valence-electron chi connectivity index (χ3n) is 3.89. The lowest BCUT2D eigenvalue weighted by Crippen LogP contribution is -2.38. The maximum Gasteiger partial charge on any atom is 0.191 e. The fraction of sp³-hybridized carbons (Fsp3) is 0.611. The summed E-state index contributed by atoms with van der Waals surface area (Å²) in [5, 5.41) is 6.60. The van der Waals surface area contributed by atoms with Gasteiger partial charge in [0.05, 0.1) is 12.6 Å². The summed E-state index contributed by atoms with van der Waals surface area (Å²) in [6.45, 7) is 5.13. The van der Waals surface area contributed by atoms with E-state index < -0.39 is 0 Å². The molecule has 0 atom stereocenters. The highest BCUT2D eigenvalue weighted by molar-refractivity contribution is 5.79. The lowest BCUT2D eigenvalue weighted by Gasteiger charge is -2.27. The van der Waals surface area contributed by atoms with Crippen molar-refractivity contribution in [2.75, 3.05) is 26.8 Å². The first-order valence-electron chi connectivity index (χ1n) is 8.59. The van der Waals surface area contributed by atoms with E-state index in [1.807, 2.05) is 18.2 Å². The summed E-state index contributed by atoms with van der Waals surface area (Å²) >= 11 is 0. The Morgan fingerprint density at radius 1 is 1.26 bits per heavy atom. The number of aliphatic imine (C=N–C) groups is 1. The zero-order chi connectivity index (χ0) is 16.3. The van der Waals surface area contributed by atoms with Gasteiger partial charge in [-0.15, -0.1) is 0 Å². The first kappa shape index (κ1) is 17.6. The highest BCUT2D eigenvalue weighted by Crippen LogP contribution is 2.27. The molecular weight excluding hydrogens is 290 g/mol. The van der Waals surface area contributed by atoms with E-state index in [4.69, 9.17) is 9.47 Å². The van der Waals surface area contributed by atoms with Gasteiger partial charge in [0, 0.05) is 32.4 Å². The van der Waals surface area contributed by atoms with Gasteiger partial charge >= 0.3 is 0 Å². The number of hydrogen-bond acceptors (Lipinski definition) is 3. The molecule has 2 rings (SSSR count). The Bertz CT molecular complexity index is 487. The van der Waals surface area contributed by atoms with Gasteiger partial charge in [0.1, 0.15) is 5.75 Å². The Morgan fingerprint density at radius 2 is 2.09 bits per heavy atom. The molecule has 0 bridgehead atoms. The quantitative estimate of drug-likeness (QED) is 0.417. The zero-order valence-corrected chi connectivity index (χ0v) is 14.3. The number of rotatable bonds is 9.